The van der Waals surface area contributed by atoms with Crippen molar-refractivity contribution in [3.63, 3.8) is 0 Å². The molecule has 0 bridgehead atoms. The number of aromatic nitrogens is 1. The van der Waals surface area contributed by atoms with Gasteiger partial charge >= 0.3 is 0 Å². The van der Waals surface area contributed by atoms with Crippen LogP contribution < -0.4 is 5.32 Å². The predicted molar refractivity (Wildman–Crippen MR) is 80.6 cm³/mol. The fourth-order valence-corrected chi connectivity index (χ4v) is 3.63. The minimum Gasteiger partial charge on any atom is -0.365 e. The highest BCUT2D eigenvalue weighted by Crippen LogP contribution is 2.32. The summed E-state index contributed by atoms with van der Waals surface area (Å²) in [6.45, 7) is 2.08. The van der Waals surface area contributed by atoms with E-state index in [1.54, 1.807) is 11.3 Å². The van der Waals surface area contributed by atoms with Gasteiger partial charge in [-0.15, -0.1) is 11.3 Å². The summed E-state index contributed by atoms with van der Waals surface area (Å²) in [6, 6.07) is 1.69. The van der Waals surface area contributed by atoms with Gasteiger partial charge in [0.15, 0.2) is 16.8 Å². The fourth-order valence-electron chi connectivity index (χ4n) is 2.82. The molecular formula is C15H16F3N3S. The van der Waals surface area contributed by atoms with Crippen molar-refractivity contribution in [3.8, 4) is 0 Å². The van der Waals surface area contributed by atoms with Crippen LogP contribution in [0.5, 0.6) is 0 Å². The number of halogens is 3. The zero-order valence-corrected chi connectivity index (χ0v) is 12.9. The lowest BCUT2D eigenvalue weighted by Crippen LogP contribution is -2.19. The van der Waals surface area contributed by atoms with E-state index in [1.807, 2.05) is 13.2 Å². The summed E-state index contributed by atoms with van der Waals surface area (Å²) in [5.74, 6) is -2.95. The second-order valence-corrected chi connectivity index (χ2v) is 6.51. The molecule has 1 fully saturated rings. The van der Waals surface area contributed by atoms with Crippen LogP contribution in [-0.2, 0) is 6.54 Å². The molecule has 0 spiro atoms. The molecular weight excluding hydrogens is 311 g/mol. The molecule has 1 aromatic heterocycles. The molecule has 0 radical (unpaired) electrons. The SMILES string of the molecule is CNc1ncc(CN2CCC(c3cc(F)cc(F)c3F)C2)s1. The van der Waals surface area contributed by atoms with E-state index in [1.165, 1.54) is 0 Å². The molecule has 1 saturated heterocycles. The molecule has 22 heavy (non-hydrogen) atoms. The van der Waals surface area contributed by atoms with E-state index in [4.69, 9.17) is 0 Å². The maximum absolute atomic E-state index is 13.9. The van der Waals surface area contributed by atoms with E-state index in [0.29, 0.717) is 19.0 Å². The molecule has 3 rings (SSSR count). The highest BCUT2D eigenvalue weighted by atomic mass is 32.1. The van der Waals surface area contributed by atoms with E-state index >= 15 is 0 Å². The lowest BCUT2D eigenvalue weighted by molar-refractivity contribution is 0.328. The van der Waals surface area contributed by atoms with E-state index in [-0.39, 0.29) is 11.5 Å². The first-order valence-corrected chi connectivity index (χ1v) is 7.87. The summed E-state index contributed by atoms with van der Waals surface area (Å²) in [7, 11) is 1.82. The van der Waals surface area contributed by atoms with Crippen LogP contribution in [0.1, 0.15) is 22.8 Å². The van der Waals surface area contributed by atoms with Gasteiger partial charge in [0.1, 0.15) is 5.82 Å². The van der Waals surface area contributed by atoms with Crippen molar-refractivity contribution in [2.24, 2.45) is 0 Å². The zero-order chi connectivity index (χ0) is 15.7. The summed E-state index contributed by atoms with van der Waals surface area (Å²) < 4.78 is 40.5. The molecule has 1 aromatic carbocycles. The van der Waals surface area contributed by atoms with Gasteiger partial charge in [-0.1, -0.05) is 0 Å². The Morgan fingerprint density at radius 3 is 2.91 bits per heavy atom. The maximum atomic E-state index is 13.9. The molecule has 118 valence electrons. The van der Waals surface area contributed by atoms with Gasteiger partial charge in [0.25, 0.3) is 0 Å². The van der Waals surface area contributed by atoms with Crippen LogP contribution in [0, 0.1) is 17.5 Å². The highest BCUT2D eigenvalue weighted by molar-refractivity contribution is 7.15. The molecule has 0 saturated carbocycles. The number of rotatable bonds is 4. The van der Waals surface area contributed by atoms with Crippen LogP contribution in [0.2, 0.25) is 0 Å². The summed E-state index contributed by atoms with van der Waals surface area (Å²) in [5, 5.41) is 3.83. The minimum atomic E-state index is -1.12. The van der Waals surface area contributed by atoms with Gasteiger partial charge < -0.3 is 5.32 Å². The number of anilines is 1. The smallest absolute Gasteiger partial charge is 0.182 e. The van der Waals surface area contributed by atoms with Gasteiger partial charge in [0, 0.05) is 43.2 Å². The molecule has 3 nitrogen and oxygen atoms in total. The second kappa shape index (κ2) is 6.26. The third-order valence-electron chi connectivity index (χ3n) is 3.88. The Kier molecular flexibility index (Phi) is 4.35. The molecule has 1 N–H and O–H groups in total. The molecule has 1 aliphatic rings. The van der Waals surface area contributed by atoms with Crippen molar-refractivity contribution in [1.29, 1.82) is 0 Å². The zero-order valence-electron chi connectivity index (χ0n) is 12.1. The van der Waals surface area contributed by atoms with Crippen LogP contribution in [0.15, 0.2) is 18.3 Å². The minimum absolute atomic E-state index is 0.139. The van der Waals surface area contributed by atoms with Crippen molar-refractivity contribution in [1.82, 2.24) is 9.88 Å². The van der Waals surface area contributed by atoms with Crippen molar-refractivity contribution in [2.75, 3.05) is 25.5 Å². The molecule has 2 heterocycles. The Morgan fingerprint density at radius 2 is 2.18 bits per heavy atom. The molecule has 1 atom stereocenters. The average molecular weight is 327 g/mol. The molecule has 0 aliphatic carbocycles. The van der Waals surface area contributed by atoms with Gasteiger partial charge in [-0.25, -0.2) is 18.2 Å². The average Bonchev–Trinajstić information content (AvgIpc) is 3.12. The van der Waals surface area contributed by atoms with Crippen LogP contribution in [0.4, 0.5) is 18.3 Å². The lowest BCUT2D eigenvalue weighted by atomic mass is 9.97. The van der Waals surface area contributed by atoms with Crippen LogP contribution in [-0.4, -0.2) is 30.0 Å². The fraction of sp³-hybridized carbons (Fsp3) is 0.400. The highest BCUT2D eigenvalue weighted by Gasteiger charge is 2.28. The molecule has 2 aromatic rings. The Hall–Kier alpha value is -1.60. The van der Waals surface area contributed by atoms with Crippen molar-refractivity contribution in [3.05, 3.63) is 46.2 Å². The van der Waals surface area contributed by atoms with E-state index < -0.39 is 17.5 Å². The van der Waals surface area contributed by atoms with Crippen molar-refractivity contribution in [2.45, 2.75) is 18.9 Å². The van der Waals surface area contributed by atoms with Crippen LogP contribution in [0.3, 0.4) is 0 Å². The largest absolute Gasteiger partial charge is 0.365 e. The Morgan fingerprint density at radius 1 is 1.36 bits per heavy atom. The summed E-state index contributed by atoms with van der Waals surface area (Å²) in [4.78, 5) is 7.47. The van der Waals surface area contributed by atoms with E-state index in [0.717, 1.165) is 29.2 Å². The molecule has 7 heteroatoms. The number of thiazole rings is 1. The van der Waals surface area contributed by atoms with E-state index in [9.17, 15) is 13.2 Å². The standard InChI is InChI=1S/C15H16F3N3S/c1-19-15-20-6-11(22-15)8-21-3-2-9(7-21)12-4-10(16)5-13(17)14(12)18/h4-6,9H,2-3,7-8H2,1H3,(H,19,20). The van der Waals surface area contributed by atoms with Gasteiger partial charge in [0.05, 0.1) is 0 Å². The van der Waals surface area contributed by atoms with E-state index in [2.05, 4.69) is 15.2 Å². The number of likely N-dealkylation sites (tertiary alicyclic amines) is 1. The Bertz CT molecular complexity index is 674. The Balaban J connectivity index is 1.69. The Labute approximate surface area is 130 Å². The summed E-state index contributed by atoms with van der Waals surface area (Å²) in [6.07, 6.45) is 2.50. The van der Waals surface area contributed by atoms with Crippen LogP contribution in [0.25, 0.3) is 0 Å². The third kappa shape index (κ3) is 3.10. The number of hydrogen-bond acceptors (Lipinski definition) is 4. The lowest BCUT2D eigenvalue weighted by Gasteiger charge is -2.15. The van der Waals surface area contributed by atoms with Crippen molar-refractivity contribution >= 4 is 16.5 Å². The van der Waals surface area contributed by atoms with Crippen LogP contribution >= 0.6 is 11.3 Å². The second-order valence-electron chi connectivity index (χ2n) is 5.39. The van der Waals surface area contributed by atoms with Gasteiger partial charge in [-0.3, -0.25) is 4.90 Å². The predicted octanol–water partition coefficient (Wildman–Crippen LogP) is 3.59. The first-order chi connectivity index (χ1) is 10.6. The van der Waals surface area contributed by atoms with Gasteiger partial charge in [-0.2, -0.15) is 0 Å². The van der Waals surface area contributed by atoms with Gasteiger partial charge in [-0.05, 0) is 24.6 Å². The number of nitrogens with zero attached hydrogens (tertiary/aromatic N) is 2. The summed E-state index contributed by atoms with van der Waals surface area (Å²) >= 11 is 1.57. The first-order valence-electron chi connectivity index (χ1n) is 7.06. The maximum Gasteiger partial charge on any atom is 0.182 e. The number of nitrogens with one attached hydrogen (secondary N) is 1. The van der Waals surface area contributed by atoms with Gasteiger partial charge in [0.2, 0.25) is 0 Å². The molecule has 0 amide bonds. The quantitative estimate of drug-likeness (QED) is 0.870. The topological polar surface area (TPSA) is 28.2 Å². The monoisotopic (exact) mass is 327 g/mol. The third-order valence-corrected chi connectivity index (χ3v) is 4.88. The normalized spacial score (nSPS) is 18.8. The number of benzene rings is 1. The molecule has 1 aliphatic heterocycles. The number of hydrogen-bond donors (Lipinski definition) is 1. The first kappa shape index (κ1) is 15.3. The summed E-state index contributed by atoms with van der Waals surface area (Å²) in [5.41, 5.74) is 0.139. The molecule has 1 unspecified atom stereocenters. The van der Waals surface area contributed by atoms with Crippen molar-refractivity contribution < 1.29 is 13.2 Å².